The summed E-state index contributed by atoms with van der Waals surface area (Å²) in [6.45, 7) is 4.98. The van der Waals surface area contributed by atoms with Gasteiger partial charge in [-0.25, -0.2) is 4.39 Å². The zero-order chi connectivity index (χ0) is 20.2. The van der Waals surface area contributed by atoms with Gasteiger partial charge in [-0.1, -0.05) is 42.5 Å². The Kier molecular flexibility index (Phi) is 4.07. The Morgan fingerprint density at radius 1 is 1.07 bits per heavy atom. The van der Waals surface area contributed by atoms with Crippen LogP contribution in [-0.4, -0.2) is 22.6 Å². The van der Waals surface area contributed by atoms with Gasteiger partial charge in [0.25, 0.3) is 0 Å². The fourth-order valence-corrected chi connectivity index (χ4v) is 5.54. The summed E-state index contributed by atoms with van der Waals surface area (Å²) in [6.07, 6.45) is 6.74. The van der Waals surface area contributed by atoms with Crippen molar-refractivity contribution in [3.05, 3.63) is 89.4 Å². The molecule has 4 aromatic rings. The van der Waals surface area contributed by atoms with Crippen LogP contribution in [0.15, 0.2) is 66.9 Å². The molecule has 1 unspecified atom stereocenters. The number of hydrogen-bond acceptors (Lipinski definition) is 1. The van der Waals surface area contributed by atoms with Crippen molar-refractivity contribution >= 4 is 27.2 Å². The average molecular weight is 397 g/mol. The maximum Gasteiger partial charge on any atom is 0.125 e. The fraction of sp³-hybridized carbons (Fsp3) is 0.259. The molecule has 0 saturated heterocycles. The zero-order valence-electron chi connectivity index (χ0n) is 17.2. The van der Waals surface area contributed by atoms with E-state index in [1.807, 2.05) is 6.07 Å². The Morgan fingerprint density at radius 2 is 1.93 bits per heavy atom. The Balaban J connectivity index is 1.32. The minimum absolute atomic E-state index is 0.166. The molecule has 0 saturated carbocycles. The first-order chi connectivity index (χ1) is 14.7. The molecule has 3 heteroatoms. The molecule has 150 valence electrons. The Labute approximate surface area is 176 Å². The van der Waals surface area contributed by atoms with Gasteiger partial charge < -0.3 is 4.57 Å². The van der Waals surface area contributed by atoms with E-state index >= 15 is 0 Å². The number of halogens is 1. The maximum atomic E-state index is 13.8. The van der Waals surface area contributed by atoms with E-state index in [0.717, 1.165) is 43.4 Å². The molecular formula is C27H25FN2. The van der Waals surface area contributed by atoms with Gasteiger partial charge in [0.15, 0.2) is 0 Å². The SMILES string of the molecule is CCn1cc(C2=CCN(C3Cc4cccc5cccc3c45)CC2)c2ccc(F)cc21. The van der Waals surface area contributed by atoms with Crippen LogP contribution in [0.5, 0.6) is 0 Å². The first-order valence-corrected chi connectivity index (χ1v) is 11.0. The number of hydrogen-bond donors (Lipinski definition) is 0. The molecule has 1 aliphatic heterocycles. The molecule has 0 bridgehead atoms. The van der Waals surface area contributed by atoms with Gasteiger partial charge in [0.1, 0.15) is 5.82 Å². The number of fused-ring (bicyclic) bond motifs is 1. The van der Waals surface area contributed by atoms with Crippen LogP contribution in [0.2, 0.25) is 0 Å². The molecule has 1 aliphatic carbocycles. The van der Waals surface area contributed by atoms with Crippen molar-refractivity contribution in [1.82, 2.24) is 9.47 Å². The highest BCUT2D eigenvalue weighted by Gasteiger charge is 2.30. The van der Waals surface area contributed by atoms with E-state index in [2.05, 4.69) is 65.1 Å². The van der Waals surface area contributed by atoms with Gasteiger partial charge in [-0.15, -0.1) is 0 Å². The molecule has 2 nitrogen and oxygen atoms in total. The minimum atomic E-state index is -0.166. The summed E-state index contributed by atoms with van der Waals surface area (Å²) in [6, 6.07) is 19.1. The number of aryl methyl sites for hydroxylation is 1. The summed E-state index contributed by atoms with van der Waals surface area (Å²) in [5.41, 5.74) is 6.62. The second kappa shape index (κ2) is 6.82. The highest BCUT2D eigenvalue weighted by atomic mass is 19.1. The molecule has 0 fully saturated rings. The summed E-state index contributed by atoms with van der Waals surface area (Å²) in [5.74, 6) is -0.166. The monoisotopic (exact) mass is 396 g/mol. The Bertz CT molecular complexity index is 1310. The van der Waals surface area contributed by atoms with E-state index < -0.39 is 0 Å². The van der Waals surface area contributed by atoms with Crippen molar-refractivity contribution in [3.63, 3.8) is 0 Å². The Morgan fingerprint density at radius 3 is 2.73 bits per heavy atom. The van der Waals surface area contributed by atoms with Crippen LogP contribution in [0.3, 0.4) is 0 Å². The summed E-state index contributed by atoms with van der Waals surface area (Å²) >= 11 is 0. The van der Waals surface area contributed by atoms with Crippen LogP contribution in [0.4, 0.5) is 4.39 Å². The first kappa shape index (κ1) is 17.9. The van der Waals surface area contributed by atoms with Crippen molar-refractivity contribution < 1.29 is 4.39 Å². The van der Waals surface area contributed by atoms with Crippen LogP contribution < -0.4 is 0 Å². The average Bonchev–Trinajstić information content (AvgIpc) is 3.34. The molecule has 3 aromatic carbocycles. The molecule has 2 aliphatic rings. The summed E-state index contributed by atoms with van der Waals surface area (Å²) in [4.78, 5) is 2.62. The number of benzene rings is 3. The highest BCUT2D eigenvalue weighted by Crippen LogP contribution is 2.41. The zero-order valence-corrected chi connectivity index (χ0v) is 17.2. The van der Waals surface area contributed by atoms with E-state index in [4.69, 9.17) is 0 Å². The lowest BCUT2D eigenvalue weighted by molar-refractivity contribution is 0.222. The molecule has 0 spiro atoms. The van der Waals surface area contributed by atoms with Crippen LogP contribution in [0.1, 0.15) is 36.1 Å². The minimum Gasteiger partial charge on any atom is -0.347 e. The quantitative estimate of drug-likeness (QED) is 0.392. The third-order valence-corrected chi connectivity index (χ3v) is 7.01. The van der Waals surface area contributed by atoms with E-state index in [1.165, 1.54) is 33.0 Å². The van der Waals surface area contributed by atoms with Crippen LogP contribution in [-0.2, 0) is 13.0 Å². The summed E-state index contributed by atoms with van der Waals surface area (Å²) in [5, 5.41) is 3.99. The third kappa shape index (κ3) is 2.65. The van der Waals surface area contributed by atoms with E-state index in [-0.39, 0.29) is 5.82 Å². The smallest absolute Gasteiger partial charge is 0.125 e. The summed E-state index contributed by atoms with van der Waals surface area (Å²) < 4.78 is 16.0. The van der Waals surface area contributed by atoms with Gasteiger partial charge in [0.05, 0.1) is 5.52 Å². The second-order valence-electron chi connectivity index (χ2n) is 8.55. The molecule has 1 aromatic heterocycles. The molecular weight excluding hydrogens is 371 g/mol. The van der Waals surface area contributed by atoms with Crippen molar-refractivity contribution in [2.24, 2.45) is 0 Å². The van der Waals surface area contributed by atoms with E-state index in [1.54, 1.807) is 12.1 Å². The first-order valence-electron chi connectivity index (χ1n) is 11.0. The van der Waals surface area contributed by atoms with Crippen molar-refractivity contribution in [3.8, 4) is 0 Å². The number of nitrogens with zero attached hydrogens (tertiary/aromatic N) is 2. The van der Waals surface area contributed by atoms with Gasteiger partial charge in [-0.05, 0) is 65.4 Å². The van der Waals surface area contributed by atoms with Gasteiger partial charge >= 0.3 is 0 Å². The molecule has 0 N–H and O–H groups in total. The normalized spacial score (nSPS) is 19.0. The summed E-state index contributed by atoms with van der Waals surface area (Å²) in [7, 11) is 0. The lowest BCUT2D eigenvalue weighted by Gasteiger charge is -2.32. The van der Waals surface area contributed by atoms with Gasteiger partial charge in [-0.3, -0.25) is 4.90 Å². The fourth-order valence-electron chi connectivity index (χ4n) is 5.54. The third-order valence-electron chi connectivity index (χ3n) is 7.01. The molecule has 30 heavy (non-hydrogen) atoms. The van der Waals surface area contributed by atoms with Crippen molar-refractivity contribution in [2.75, 3.05) is 13.1 Å². The lowest BCUT2D eigenvalue weighted by Crippen LogP contribution is -2.32. The molecule has 2 heterocycles. The van der Waals surface area contributed by atoms with Crippen LogP contribution >= 0.6 is 0 Å². The van der Waals surface area contributed by atoms with E-state index in [9.17, 15) is 4.39 Å². The number of aromatic nitrogens is 1. The predicted molar refractivity (Wildman–Crippen MR) is 122 cm³/mol. The maximum absolute atomic E-state index is 13.8. The van der Waals surface area contributed by atoms with Crippen molar-refractivity contribution in [2.45, 2.75) is 32.4 Å². The molecule has 6 rings (SSSR count). The predicted octanol–water partition coefficient (Wildman–Crippen LogP) is 6.34. The van der Waals surface area contributed by atoms with E-state index in [0.29, 0.717) is 6.04 Å². The number of rotatable bonds is 3. The lowest BCUT2D eigenvalue weighted by atomic mass is 9.97. The van der Waals surface area contributed by atoms with Crippen molar-refractivity contribution in [1.29, 1.82) is 0 Å². The molecule has 0 radical (unpaired) electrons. The molecule has 0 amide bonds. The molecule has 1 atom stereocenters. The van der Waals surface area contributed by atoms with Gasteiger partial charge in [0, 0.05) is 42.8 Å². The standard InChI is InChI=1S/C27H25FN2/c1-2-29-17-24(22-10-9-21(28)16-26(22)29)18-11-13-30(14-12-18)25-15-20-7-3-5-19-6-4-8-23(25)27(19)20/h3-11,16-17,25H,2,12-15H2,1H3. The largest absolute Gasteiger partial charge is 0.347 e. The topological polar surface area (TPSA) is 8.17 Å². The van der Waals surface area contributed by atoms with Crippen LogP contribution in [0, 0.1) is 5.82 Å². The van der Waals surface area contributed by atoms with Gasteiger partial charge in [-0.2, -0.15) is 0 Å². The van der Waals surface area contributed by atoms with Gasteiger partial charge in [0.2, 0.25) is 0 Å². The van der Waals surface area contributed by atoms with Crippen LogP contribution in [0.25, 0.3) is 27.2 Å². The highest BCUT2D eigenvalue weighted by molar-refractivity contribution is 5.94. The second-order valence-corrected chi connectivity index (χ2v) is 8.55. The Hall–Kier alpha value is -2.91.